The molecule has 4 aromatic rings. The zero-order valence-corrected chi connectivity index (χ0v) is 24.4. The van der Waals surface area contributed by atoms with Crippen LogP contribution in [0.2, 0.25) is 5.02 Å². The van der Waals surface area contributed by atoms with Crippen LogP contribution in [0.3, 0.4) is 0 Å². The number of imidazole rings is 1. The molecule has 2 aliphatic rings. The first-order valence-corrected chi connectivity index (χ1v) is 14.3. The van der Waals surface area contributed by atoms with E-state index < -0.39 is 11.9 Å². The number of β-amino-alcohol motifs (C(OH)–C–C–N with tert-alkyl or cyclic N) is 1. The summed E-state index contributed by atoms with van der Waals surface area (Å²) in [4.78, 5) is 38.6. The third-order valence-electron chi connectivity index (χ3n) is 7.97. The Morgan fingerprint density at radius 2 is 1.91 bits per heavy atom. The maximum Gasteiger partial charge on any atom is 0.254 e. The lowest BCUT2D eigenvalue weighted by Gasteiger charge is -2.36. The van der Waals surface area contributed by atoms with E-state index in [4.69, 9.17) is 16.3 Å². The highest BCUT2D eigenvalue weighted by Gasteiger charge is 2.33. The summed E-state index contributed by atoms with van der Waals surface area (Å²) in [6.45, 7) is 4.08. The minimum Gasteiger partial charge on any atom is -0.494 e. The molecule has 6 rings (SSSR count). The number of aliphatic hydroxyl groups is 1. The number of amides is 2. The Kier molecular flexibility index (Phi) is 7.91. The lowest BCUT2D eigenvalue weighted by atomic mass is 10.1. The maximum atomic E-state index is 14.6. The zero-order chi connectivity index (χ0) is 30.2. The smallest absolute Gasteiger partial charge is 0.254 e. The van der Waals surface area contributed by atoms with Crippen LogP contribution in [0.25, 0.3) is 16.9 Å². The fourth-order valence-electron chi connectivity index (χ4n) is 5.64. The number of hydrogen-bond donors (Lipinski definition) is 3. The van der Waals surface area contributed by atoms with Gasteiger partial charge in [-0.2, -0.15) is 0 Å². The van der Waals surface area contributed by atoms with Crippen molar-refractivity contribution in [2.75, 3.05) is 45.2 Å². The Labute approximate surface area is 252 Å². The molecule has 4 heterocycles. The molecule has 2 aromatic heterocycles. The van der Waals surface area contributed by atoms with Crippen LogP contribution in [-0.4, -0.2) is 93.1 Å². The van der Waals surface area contributed by atoms with Gasteiger partial charge in [-0.15, -0.1) is 0 Å². The summed E-state index contributed by atoms with van der Waals surface area (Å²) in [7, 11) is 1.38. The van der Waals surface area contributed by atoms with Crippen molar-refractivity contribution >= 4 is 40.6 Å². The van der Waals surface area contributed by atoms with Crippen molar-refractivity contribution in [1.82, 2.24) is 29.5 Å². The number of carbonyl (C=O) groups is 2. The van der Waals surface area contributed by atoms with Crippen molar-refractivity contribution < 1.29 is 23.8 Å². The molecule has 224 valence electrons. The van der Waals surface area contributed by atoms with Gasteiger partial charge in [-0.3, -0.25) is 14.0 Å². The lowest BCUT2D eigenvalue weighted by molar-refractivity contribution is -0.134. The number of rotatable bonds is 6. The van der Waals surface area contributed by atoms with Gasteiger partial charge in [0.05, 0.1) is 36.2 Å². The Bertz CT molecular complexity index is 1710. The van der Waals surface area contributed by atoms with Crippen molar-refractivity contribution in [2.24, 2.45) is 0 Å². The summed E-state index contributed by atoms with van der Waals surface area (Å²) in [5.41, 5.74) is 3.64. The van der Waals surface area contributed by atoms with Gasteiger partial charge in [-0.05, 0) is 49.2 Å². The Morgan fingerprint density at radius 1 is 1.14 bits per heavy atom. The highest BCUT2D eigenvalue weighted by Crippen LogP contribution is 2.35. The molecule has 2 fully saturated rings. The number of hydrogen-bond acceptors (Lipinski definition) is 8. The molecular formula is C30H31ClFN7O4. The van der Waals surface area contributed by atoms with Crippen molar-refractivity contribution in [3.63, 3.8) is 0 Å². The summed E-state index contributed by atoms with van der Waals surface area (Å²) in [6.07, 6.45) is 4.84. The first-order valence-electron chi connectivity index (χ1n) is 14.0. The van der Waals surface area contributed by atoms with E-state index in [1.54, 1.807) is 44.9 Å². The molecule has 13 heteroatoms. The van der Waals surface area contributed by atoms with E-state index in [1.165, 1.54) is 13.2 Å². The molecule has 43 heavy (non-hydrogen) atoms. The second kappa shape index (κ2) is 11.8. The van der Waals surface area contributed by atoms with E-state index in [1.807, 2.05) is 19.1 Å². The predicted molar refractivity (Wildman–Crippen MR) is 159 cm³/mol. The number of halogens is 2. The standard InChI is InChI=1S/C30H31ClFN7O4/c1-17-13-18(3-4-20(17)29(41)37-9-11-38(12-10-37)30(42)22-14-19(40)15-34-22)36-27-28-35-16-23(39(28)8-7-33-27)21-5-6-24(43-2)26(32)25(21)31/h3-8,13,16,19,22,34,40H,9-12,14-15H2,1-2H3,(H,33,36)/t19-,22+/m1/s1. The third kappa shape index (κ3) is 5.49. The van der Waals surface area contributed by atoms with Crippen LogP contribution in [0.15, 0.2) is 48.9 Å². The SMILES string of the molecule is COc1ccc(-c2cnc3c(Nc4ccc(C(=O)N5CCN(C(=O)[C@@H]6C[C@@H](O)CN6)CC5)c(C)c4)nccn23)c(Cl)c1F. The van der Waals surface area contributed by atoms with Crippen LogP contribution in [0, 0.1) is 12.7 Å². The van der Waals surface area contributed by atoms with E-state index >= 15 is 0 Å². The monoisotopic (exact) mass is 607 g/mol. The predicted octanol–water partition coefficient (Wildman–Crippen LogP) is 3.26. The number of aromatic nitrogens is 3. The number of anilines is 2. The molecule has 0 spiro atoms. The molecule has 0 aliphatic carbocycles. The molecule has 3 N–H and O–H groups in total. The van der Waals surface area contributed by atoms with Crippen LogP contribution in [0.4, 0.5) is 15.9 Å². The van der Waals surface area contributed by atoms with Gasteiger partial charge in [0.1, 0.15) is 0 Å². The first kappa shape index (κ1) is 28.8. The van der Waals surface area contributed by atoms with E-state index in [0.29, 0.717) is 67.4 Å². The Balaban J connectivity index is 1.15. The van der Waals surface area contributed by atoms with Crippen LogP contribution in [0.1, 0.15) is 22.3 Å². The summed E-state index contributed by atoms with van der Waals surface area (Å²) in [5, 5.41) is 16.0. The van der Waals surface area contributed by atoms with Gasteiger partial charge >= 0.3 is 0 Å². The average Bonchev–Trinajstić information content (AvgIpc) is 3.65. The number of nitrogens with zero attached hydrogens (tertiary/aromatic N) is 5. The molecule has 0 unspecified atom stereocenters. The molecule has 0 bridgehead atoms. The fraction of sp³-hybridized carbons (Fsp3) is 0.333. The normalized spacial score (nSPS) is 18.7. The third-order valence-corrected chi connectivity index (χ3v) is 8.34. The van der Waals surface area contributed by atoms with Gasteiger partial charge in [-0.25, -0.2) is 14.4 Å². The van der Waals surface area contributed by atoms with Gasteiger partial charge in [0, 0.05) is 61.9 Å². The van der Waals surface area contributed by atoms with E-state index in [2.05, 4.69) is 20.6 Å². The quantitative estimate of drug-likeness (QED) is 0.305. The average molecular weight is 608 g/mol. The number of nitrogens with one attached hydrogen (secondary N) is 2. The van der Waals surface area contributed by atoms with Crippen LogP contribution < -0.4 is 15.4 Å². The zero-order valence-electron chi connectivity index (χ0n) is 23.7. The highest BCUT2D eigenvalue weighted by atomic mass is 35.5. The molecule has 2 aromatic carbocycles. The van der Waals surface area contributed by atoms with Crippen LogP contribution in [-0.2, 0) is 4.79 Å². The molecule has 0 radical (unpaired) electrons. The van der Waals surface area contributed by atoms with Crippen molar-refractivity contribution in [3.05, 3.63) is 70.9 Å². The Hall–Kier alpha value is -4.26. The summed E-state index contributed by atoms with van der Waals surface area (Å²) in [6, 6.07) is 8.28. The van der Waals surface area contributed by atoms with Gasteiger partial charge in [0.15, 0.2) is 23.0 Å². The first-order chi connectivity index (χ1) is 20.7. The second-order valence-corrected chi connectivity index (χ2v) is 11.1. The number of methoxy groups -OCH3 is 1. The van der Waals surface area contributed by atoms with Crippen molar-refractivity contribution in [3.8, 4) is 17.0 Å². The minimum atomic E-state index is -0.647. The number of ether oxygens (including phenoxy) is 1. The lowest BCUT2D eigenvalue weighted by Crippen LogP contribution is -2.54. The second-order valence-electron chi connectivity index (χ2n) is 10.7. The number of carbonyl (C=O) groups excluding carboxylic acids is 2. The van der Waals surface area contributed by atoms with Crippen LogP contribution >= 0.6 is 11.6 Å². The van der Waals surface area contributed by atoms with Gasteiger partial charge < -0.3 is 30.3 Å². The molecular weight excluding hydrogens is 577 g/mol. The summed E-state index contributed by atoms with van der Waals surface area (Å²) < 4.78 is 21.4. The van der Waals surface area contributed by atoms with Gasteiger partial charge in [0.2, 0.25) is 5.91 Å². The molecule has 0 saturated carbocycles. The van der Waals surface area contributed by atoms with Crippen molar-refractivity contribution in [1.29, 1.82) is 0 Å². The molecule has 11 nitrogen and oxygen atoms in total. The molecule has 2 aliphatic heterocycles. The maximum absolute atomic E-state index is 14.6. The number of piperazine rings is 1. The Morgan fingerprint density at radius 3 is 2.60 bits per heavy atom. The van der Waals surface area contributed by atoms with Crippen molar-refractivity contribution in [2.45, 2.75) is 25.5 Å². The number of benzene rings is 2. The van der Waals surface area contributed by atoms with E-state index in [9.17, 15) is 19.1 Å². The van der Waals surface area contributed by atoms with Gasteiger partial charge in [0.25, 0.3) is 5.91 Å². The molecule has 2 atom stereocenters. The van der Waals surface area contributed by atoms with Crippen LogP contribution in [0.5, 0.6) is 5.75 Å². The fourth-order valence-corrected chi connectivity index (χ4v) is 5.89. The summed E-state index contributed by atoms with van der Waals surface area (Å²) in [5.74, 6) is -0.233. The van der Waals surface area contributed by atoms with E-state index in [0.717, 1.165) is 11.3 Å². The van der Waals surface area contributed by atoms with Gasteiger partial charge in [-0.1, -0.05) is 11.6 Å². The highest BCUT2D eigenvalue weighted by molar-refractivity contribution is 6.33. The number of aryl methyl sites for hydroxylation is 1. The minimum absolute atomic E-state index is 0.0252. The number of fused-ring (bicyclic) bond motifs is 1. The number of aliphatic hydroxyl groups excluding tert-OH is 1. The molecule has 2 saturated heterocycles. The largest absolute Gasteiger partial charge is 0.494 e. The van der Waals surface area contributed by atoms with E-state index in [-0.39, 0.29) is 28.6 Å². The molecule has 2 amide bonds. The topological polar surface area (TPSA) is 124 Å². The summed E-state index contributed by atoms with van der Waals surface area (Å²) >= 11 is 6.32.